The van der Waals surface area contributed by atoms with Crippen LogP contribution in [0.1, 0.15) is 30.9 Å². The molecule has 0 spiro atoms. The van der Waals surface area contributed by atoms with Crippen molar-refractivity contribution in [3.8, 4) is 5.75 Å². The van der Waals surface area contributed by atoms with Gasteiger partial charge in [0.15, 0.2) is 0 Å². The van der Waals surface area contributed by atoms with Crippen molar-refractivity contribution in [2.75, 3.05) is 25.1 Å². The van der Waals surface area contributed by atoms with Crippen molar-refractivity contribution >= 4 is 23.4 Å². The van der Waals surface area contributed by atoms with Gasteiger partial charge in [-0.1, -0.05) is 54.6 Å². The lowest BCUT2D eigenvalue weighted by molar-refractivity contribution is -0.140. The molecule has 0 saturated heterocycles. The Morgan fingerprint density at radius 2 is 1.62 bits per heavy atom. The van der Waals surface area contributed by atoms with Gasteiger partial charge in [0.1, 0.15) is 12.3 Å². The van der Waals surface area contributed by atoms with Gasteiger partial charge in [-0.25, -0.2) is 0 Å². The summed E-state index contributed by atoms with van der Waals surface area (Å²) in [6.07, 6.45) is 3.26. The molecule has 3 rings (SSSR count). The molecule has 168 valence electrons. The molecule has 0 heterocycles. The molecule has 3 aromatic carbocycles. The van der Waals surface area contributed by atoms with Crippen LogP contribution in [0.5, 0.6) is 5.75 Å². The van der Waals surface area contributed by atoms with E-state index in [-0.39, 0.29) is 12.5 Å². The van der Waals surface area contributed by atoms with E-state index in [9.17, 15) is 4.79 Å². The standard InChI is InChI=1S/C27H31NO3S/c1-2-30-27(29)20-28-25-13-6-7-14-26(25)32-21-23-15-17-24(18-16-23)31-19-9-8-12-22-10-4-3-5-11-22/h3-7,10-11,13-18,28H,2,8-9,12,19-21H2,1H3. The number of rotatable bonds is 13. The smallest absolute Gasteiger partial charge is 0.325 e. The predicted molar refractivity (Wildman–Crippen MR) is 132 cm³/mol. The van der Waals surface area contributed by atoms with Crippen molar-refractivity contribution in [3.05, 3.63) is 90.0 Å². The minimum atomic E-state index is -0.247. The number of esters is 1. The summed E-state index contributed by atoms with van der Waals surface area (Å²) in [6, 6.07) is 26.9. The zero-order valence-corrected chi connectivity index (χ0v) is 19.4. The van der Waals surface area contributed by atoms with Crippen LogP contribution in [0.3, 0.4) is 0 Å². The molecule has 0 unspecified atom stereocenters. The number of ether oxygens (including phenoxy) is 2. The maximum Gasteiger partial charge on any atom is 0.325 e. The second-order valence-electron chi connectivity index (χ2n) is 7.38. The van der Waals surface area contributed by atoms with Gasteiger partial charge in [0, 0.05) is 16.3 Å². The number of hydrogen-bond donors (Lipinski definition) is 1. The highest BCUT2D eigenvalue weighted by atomic mass is 32.2. The molecule has 32 heavy (non-hydrogen) atoms. The highest BCUT2D eigenvalue weighted by Gasteiger charge is 2.06. The number of para-hydroxylation sites is 1. The van der Waals surface area contributed by atoms with Crippen LogP contribution in [-0.4, -0.2) is 25.7 Å². The highest BCUT2D eigenvalue weighted by Crippen LogP contribution is 2.30. The van der Waals surface area contributed by atoms with Crippen molar-refractivity contribution < 1.29 is 14.3 Å². The summed E-state index contributed by atoms with van der Waals surface area (Å²) in [5.41, 5.74) is 3.56. The number of thioether (sulfide) groups is 1. The molecule has 0 atom stereocenters. The number of nitrogens with one attached hydrogen (secondary N) is 1. The molecule has 0 aliphatic heterocycles. The molecule has 0 radical (unpaired) electrons. The van der Waals surface area contributed by atoms with Gasteiger partial charge < -0.3 is 14.8 Å². The Morgan fingerprint density at radius 1 is 0.875 bits per heavy atom. The number of carbonyl (C=O) groups excluding carboxylic acids is 1. The van der Waals surface area contributed by atoms with Crippen LogP contribution in [0, 0.1) is 0 Å². The lowest BCUT2D eigenvalue weighted by atomic mass is 10.1. The molecular weight excluding hydrogens is 418 g/mol. The summed E-state index contributed by atoms with van der Waals surface area (Å²) in [6.45, 7) is 3.11. The average Bonchev–Trinajstić information content (AvgIpc) is 2.83. The highest BCUT2D eigenvalue weighted by molar-refractivity contribution is 7.98. The first kappa shape index (κ1) is 23.7. The van der Waals surface area contributed by atoms with Crippen molar-refractivity contribution in [2.24, 2.45) is 0 Å². The fourth-order valence-electron chi connectivity index (χ4n) is 3.23. The van der Waals surface area contributed by atoms with E-state index in [0.29, 0.717) is 6.61 Å². The zero-order valence-electron chi connectivity index (χ0n) is 18.6. The Labute approximate surface area is 195 Å². The first-order chi connectivity index (χ1) is 15.7. The first-order valence-electron chi connectivity index (χ1n) is 11.1. The average molecular weight is 450 g/mol. The van der Waals surface area contributed by atoms with Gasteiger partial charge in [0.05, 0.1) is 13.2 Å². The number of unbranched alkanes of at least 4 members (excludes halogenated alkanes) is 1. The van der Waals surface area contributed by atoms with Crippen molar-refractivity contribution in [1.82, 2.24) is 0 Å². The van der Waals surface area contributed by atoms with Crippen LogP contribution in [0.25, 0.3) is 0 Å². The normalized spacial score (nSPS) is 10.5. The van der Waals surface area contributed by atoms with Gasteiger partial charge in [-0.15, -0.1) is 11.8 Å². The summed E-state index contributed by atoms with van der Waals surface area (Å²) in [5.74, 6) is 1.51. The van der Waals surface area contributed by atoms with Gasteiger partial charge in [-0.05, 0) is 61.6 Å². The summed E-state index contributed by atoms with van der Waals surface area (Å²) >= 11 is 1.74. The van der Waals surface area contributed by atoms with E-state index in [0.717, 1.165) is 48.0 Å². The van der Waals surface area contributed by atoms with Gasteiger partial charge in [-0.2, -0.15) is 0 Å². The molecule has 0 fully saturated rings. The third kappa shape index (κ3) is 8.31. The van der Waals surface area contributed by atoms with Crippen molar-refractivity contribution in [2.45, 2.75) is 36.8 Å². The number of anilines is 1. The third-order valence-corrected chi connectivity index (χ3v) is 6.05. The lowest BCUT2D eigenvalue weighted by Crippen LogP contribution is -2.16. The van der Waals surface area contributed by atoms with E-state index in [1.54, 1.807) is 11.8 Å². The van der Waals surface area contributed by atoms with E-state index in [1.807, 2.05) is 37.3 Å². The molecule has 0 aliphatic carbocycles. The van der Waals surface area contributed by atoms with E-state index >= 15 is 0 Å². The Bertz CT molecular complexity index is 945. The van der Waals surface area contributed by atoms with Crippen LogP contribution < -0.4 is 10.1 Å². The van der Waals surface area contributed by atoms with Gasteiger partial charge in [0.25, 0.3) is 0 Å². The fraction of sp³-hybridized carbons (Fsp3) is 0.296. The van der Waals surface area contributed by atoms with Gasteiger partial charge in [0.2, 0.25) is 0 Å². The number of aryl methyl sites for hydroxylation is 1. The van der Waals surface area contributed by atoms with Crippen molar-refractivity contribution in [1.29, 1.82) is 0 Å². The summed E-state index contributed by atoms with van der Waals surface area (Å²) in [4.78, 5) is 12.7. The van der Waals surface area contributed by atoms with Crippen molar-refractivity contribution in [3.63, 3.8) is 0 Å². The Kier molecular flexibility index (Phi) is 10.0. The Hall–Kier alpha value is -2.92. The zero-order chi connectivity index (χ0) is 22.4. The molecule has 0 saturated carbocycles. The largest absolute Gasteiger partial charge is 0.494 e. The van der Waals surface area contributed by atoms with E-state index in [1.165, 1.54) is 11.1 Å². The van der Waals surface area contributed by atoms with Crippen LogP contribution in [0.2, 0.25) is 0 Å². The van der Waals surface area contributed by atoms with Gasteiger partial charge >= 0.3 is 5.97 Å². The fourth-order valence-corrected chi connectivity index (χ4v) is 4.21. The molecule has 1 N–H and O–H groups in total. The van der Waals surface area contributed by atoms with E-state index < -0.39 is 0 Å². The molecule has 5 heteroatoms. The molecule has 3 aromatic rings. The molecule has 0 aliphatic rings. The monoisotopic (exact) mass is 449 g/mol. The van der Waals surface area contributed by atoms with E-state index in [2.05, 4.69) is 53.8 Å². The van der Waals surface area contributed by atoms with E-state index in [4.69, 9.17) is 9.47 Å². The second kappa shape index (κ2) is 13.5. The van der Waals surface area contributed by atoms with Crippen LogP contribution in [-0.2, 0) is 21.7 Å². The van der Waals surface area contributed by atoms with Crippen LogP contribution in [0.4, 0.5) is 5.69 Å². The summed E-state index contributed by atoms with van der Waals surface area (Å²) in [7, 11) is 0. The minimum Gasteiger partial charge on any atom is -0.494 e. The number of benzene rings is 3. The predicted octanol–water partition coefficient (Wildman–Crippen LogP) is 6.36. The lowest BCUT2D eigenvalue weighted by Gasteiger charge is -2.11. The summed E-state index contributed by atoms with van der Waals surface area (Å²) in [5, 5.41) is 3.17. The first-order valence-corrected chi connectivity index (χ1v) is 12.1. The molecule has 4 nitrogen and oxygen atoms in total. The van der Waals surface area contributed by atoms with Crippen LogP contribution >= 0.6 is 11.8 Å². The SMILES string of the molecule is CCOC(=O)CNc1ccccc1SCc1ccc(OCCCCc2ccccc2)cc1. The molecule has 0 amide bonds. The maximum atomic E-state index is 11.6. The minimum absolute atomic E-state index is 0.169. The molecule has 0 bridgehead atoms. The maximum absolute atomic E-state index is 11.6. The number of hydrogen-bond acceptors (Lipinski definition) is 5. The summed E-state index contributed by atoms with van der Waals surface area (Å²) < 4.78 is 10.9. The topological polar surface area (TPSA) is 47.6 Å². The second-order valence-corrected chi connectivity index (χ2v) is 8.40. The Balaban J connectivity index is 1.39. The third-order valence-electron chi connectivity index (χ3n) is 4.90. The Morgan fingerprint density at radius 3 is 2.41 bits per heavy atom. The van der Waals surface area contributed by atoms with Crippen LogP contribution in [0.15, 0.2) is 83.8 Å². The van der Waals surface area contributed by atoms with Gasteiger partial charge in [-0.3, -0.25) is 4.79 Å². The number of carbonyl (C=O) groups is 1. The molecule has 0 aromatic heterocycles. The quantitative estimate of drug-likeness (QED) is 0.187. The molecular formula is C27H31NO3S.